The third kappa shape index (κ3) is 2.24. The summed E-state index contributed by atoms with van der Waals surface area (Å²) in [5, 5.41) is 3.21. The van der Waals surface area contributed by atoms with Crippen LogP contribution in [0.4, 0.5) is 4.39 Å². The fourth-order valence-corrected chi connectivity index (χ4v) is 2.26. The van der Waals surface area contributed by atoms with E-state index in [1.165, 1.54) is 0 Å². The SMILES string of the molecule is CNC(c1ccco1)c1c(C)cc(F)cc1C. The first kappa shape index (κ1) is 11.9. The van der Waals surface area contributed by atoms with Crippen LogP contribution in [0.3, 0.4) is 0 Å². The molecule has 0 saturated carbocycles. The quantitative estimate of drug-likeness (QED) is 0.879. The lowest BCUT2D eigenvalue weighted by Crippen LogP contribution is -2.19. The number of hydrogen-bond donors (Lipinski definition) is 1. The standard InChI is InChI=1S/C14H16FNO/c1-9-7-11(15)8-10(2)13(9)14(16-3)12-5-4-6-17-12/h4-8,14,16H,1-3H3. The summed E-state index contributed by atoms with van der Waals surface area (Å²) in [5.41, 5.74) is 2.93. The molecule has 1 atom stereocenters. The van der Waals surface area contributed by atoms with Crippen LogP contribution >= 0.6 is 0 Å². The fraction of sp³-hybridized carbons (Fsp3) is 0.286. The highest BCUT2D eigenvalue weighted by molar-refractivity contribution is 5.40. The van der Waals surface area contributed by atoms with Gasteiger partial charge in [-0.3, -0.25) is 0 Å². The van der Waals surface area contributed by atoms with E-state index in [1.54, 1.807) is 18.4 Å². The first-order valence-corrected chi connectivity index (χ1v) is 5.60. The van der Waals surface area contributed by atoms with E-state index >= 15 is 0 Å². The van der Waals surface area contributed by atoms with Crippen LogP contribution in [0.2, 0.25) is 0 Å². The van der Waals surface area contributed by atoms with Crippen molar-refractivity contribution < 1.29 is 8.81 Å². The minimum Gasteiger partial charge on any atom is -0.467 e. The Morgan fingerprint density at radius 3 is 2.35 bits per heavy atom. The molecule has 0 saturated heterocycles. The highest BCUT2D eigenvalue weighted by Crippen LogP contribution is 2.28. The first-order chi connectivity index (χ1) is 8.13. The molecule has 1 aromatic carbocycles. The van der Waals surface area contributed by atoms with Gasteiger partial charge in [0.05, 0.1) is 12.3 Å². The summed E-state index contributed by atoms with van der Waals surface area (Å²) in [6.45, 7) is 3.83. The monoisotopic (exact) mass is 233 g/mol. The average molecular weight is 233 g/mol. The Morgan fingerprint density at radius 1 is 1.24 bits per heavy atom. The Morgan fingerprint density at radius 2 is 1.88 bits per heavy atom. The maximum absolute atomic E-state index is 13.3. The van der Waals surface area contributed by atoms with Crippen molar-refractivity contribution in [2.24, 2.45) is 0 Å². The predicted octanol–water partition coefficient (Wildman–Crippen LogP) is 3.34. The second-order valence-corrected chi connectivity index (χ2v) is 4.19. The van der Waals surface area contributed by atoms with Crippen molar-refractivity contribution in [2.75, 3.05) is 7.05 Å². The van der Waals surface area contributed by atoms with Gasteiger partial charge >= 0.3 is 0 Å². The molecule has 1 aromatic heterocycles. The van der Waals surface area contributed by atoms with Gasteiger partial charge in [-0.05, 0) is 61.9 Å². The Balaban J connectivity index is 2.52. The lowest BCUT2D eigenvalue weighted by molar-refractivity contribution is 0.461. The molecule has 2 rings (SSSR count). The van der Waals surface area contributed by atoms with E-state index in [0.29, 0.717) is 0 Å². The molecular weight excluding hydrogens is 217 g/mol. The van der Waals surface area contributed by atoms with Gasteiger partial charge in [-0.1, -0.05) is 0 Å². The lowest BCUT2D eigenvalue weighted by Gasteiger charge is -2.19. The van der Waals surface area contributed by atoms with Crippen molar-refractivity contribution in [3.05, 3.63) is 58.8 Å². The predicted molar refractivity (Wildman–Crippen MR) is 65.5 cm³/mol. The largest absolute Gasteiger partial charge is 0.467 e. The summed E-state index contributed by atoms with van der Waals surface area (Å²) in [6.07, 6.45) is 1.65. The van der Waals surface area contributed by atoms with Gasteiger partial charge in [0.25, 0.3) is 0 Å². The van der Waals surface area contributed by atoms with Crippen molar-refractivity contribution in [1.82, 2.24) is 5.32 Å². The molecule has 1 unspecified atom stereocenters. The summed E-state index contributed by atoms with van der Waals surface area (Å²) in [6, 6.07) is 6.84. The van der Waals surface area contributed by atoms with Crippen molar-refractivity contribution in [1.29, 1.82) is 0 Å². The normalized spacial score (nSPS) is 12.7. The molecule has 0 radical (unpaired) electrons. The minimum atomic E-state index is -0.196. The van der Waals surface area contributed by atoms with Crippen LogP contribution in [0.5, 0.6) is 0 Å². The molecule has 1 N–H and O–H groups in total. The molecule has 2 nitrogen and oxygen atoms in total. The fourth-order valence-electron chi connectivity index (χ4n) is 2.26. The van der Waals surface area contributed by atoms with Crippen LogP contribution < -0.4 is 5.32 Å². The molecule has 0 spiro atoms. The molecule has 2 aromatic rings. The van der Waals surface area contributed by atoms with Gasteiger partial charge in [0.1, 0.15) is 11.6 Å². The third-order valence-electron chi connectivity index (χ3n) is 2.96. The van der Waals surface area contributed by atoms with E-state index in [1.807, 2.05) is 33.0 Å². The second kappa shape index (κ2) is 4.72. The van der Waals surface area contributed by atoms with Crippen LogP contribution in [0.1, 0.15) is 28.5 Å². The molecule has 0 aliphatic rings. The summed E-state index contributed by atoms with van der Waals surface area (Å²) < 4.78 is 18.7. The van der Waals surface area contributed by atoms with E-state index in [-0.39, 0.29) is 11.9 Å². The number of furan rings is 1. The van der Waals surface area contributed by atoms with E-state index in [2.05, 4.69) is 5.32 Å². The van der Waals surface area contributed by atoms with Gasteiger partial charge in [-0.25, -0.2) is 4.39 Å². The number of benzene rings is 1. The van der Waals surface area contributed by atoms with Gasteiger partial charge in [0, 0.05) is 0 Å². The van der Waals surface area contributed by atoms with Crippen LogP contribution in [-0.2, 0) is 0 Å². The average Bonchev–Trinajstić information content (AvgIpc) is 2.76. The van der Waals surface area contributed by atoms with E-state index < -0.39 is 0 Å². The van der Waals surface area contributed by atoms with Crippen LogP contribution in [0, 0.1) is 19.7 Å². The second-order valence-electron chi connectivity index (χ2n) is 4.19. The summed E-state index contributed by atoms with van der Waals surface area (Å²) in [7, 11) is 1.87. The number of rotatable bonds is 3. The van der Waals surface area contributed by atoms with Gasteiger partial charge in [0.2, 0.25) is 0 Å². The van der Waals surface area contributed by atoms with E-state index in [9.17, 15) is 4.39 Å². The Bertz CT molecular complexity index is 482. The van der Waals surface area contributed by atoms with E-state index in [0.717, 1.165) is 22.5 Å². The van der Waals surface area contributed by atoms with Gasteiger partial charge in [-0.15, -0.1) is 0 Å². The van der Waals surface area contributed by atoms with Crippen LogP contribution in [0.15, 0.2) is 34.9 Å². The molecule has 0 amide bonds. The number of halogens is 1. The summed E-state index contributed by atoms with van der Waals surface area (Å²) >= 11 is 0. The molecule has 0 aliphatic heterocycles. The molecule has 3 heteroatoms. The summed E-state index contributed by atoms with van der Waals surface area (Å²) in [4.78, 5) is 0. The lowest BCUT2D eigenvalue weighted by atomic mass is 9.94. The molecule has 90 valence electrons. The summed E-state index contributed by atoms with van der Waals surface area (Å²) in [5.74, 6) is 0.642. The molecular formula is C14H16FNO. The maximum Gasteiger partial charge on any atom is 0.125 e. The highest BCUT2D eigenvalue weighted by Gasteiger charge is 2.19. The zero-order valence-electron chi connectivity index (χ0n) is 10.3. The smallest absolute Gasteiger partial charge is 0.125 e. The zero-order chi connectivity index (χ0) is 12.4. The zero-order valence-corrected chi connectivity index (χ0v) is 10.3. The van der Waals surface area contributed by atoms with Gasteiger partial charge in [0.15, 0.2) is 0 Å². The minimum absolute atomic E-state index is 0.0365. The highest BCUT2D eigenvalue weighted by atomic mass is 19.1. The van der Waals surface area contributed by atoms with Crippen LogP contribution in [0.25, 0.3) is 0 Å². The molecule has 17 heavy (non-hydrogen) atoms. The van der Waals surface area contributed by atoms with Crippen LogP contribution in [-0.4, -0.2) is 7.05 Å². The van der Waals surface area contributed by atoms with Crippen molar-refractivity contribution >= 4 is 0 Å². The van der Waals surface area contributed by atoms with Gasteiger partial charge < -0.3 is 9.73 Å². The van der Waals surface area contributed by atoms with Crippen molar-refractivity contribution in [3.63, 3.8) is 0 Å². The molecule has 0 bridgehead atoms. The third-order valence-corrected chi connectivity index (χ3v) is 2.96. The van der Waals surface area contributed by atoms with E-state index in [4.69, 9.17) is 4.42 Å². The Kier molecular flexibility index (Phi) is 3.29. The number of nitrogens with one attached hydrogen (secondary N) is 1. The van der Waals surface area contributed by atoms with Crippen molar-refractivity contribution in [3.8, 4) is 0 Å². The molecule has 1 heterocycles. The first-order valence-electron chi connectivity index (χ1n) is 5.60. The van der Waals surface area contributed by atoms with Crippen molar-refractivity contribution in [2.45, 2.75) is 19.9 Å². The molecule has 0 aliphatic carbocycles. The topological polar surface area (TPSA) is 25.2 Å². The van der Waals surface area contributed by atoms with Gasteiger partial charge in [-0.2, -0.15) is 0 Å². The Labute approximate surface area is 100 Å². The number of hydrogen-bond acceptors (Lipinski definition) is 2. The Hall–Kier alpha value is -1.61. The molecule has 0 fully saturated rings. The maximum atomic E-state index is 13.3. The number of aryl methyl sites for hydroxylation is 2.